The predicted molar refractivity (Wildman–Crippen MR) is 98.0 cm³/mol. The number of amides is 1. The van der Waals surface area contributed by atoms with Gasteiger partial charge in [-0.15, -0.1) is 11.8 Å². The second kappa shape index (κ2) is 7.49. The van der Waals surface area contributed by atoms with E-state index in [2.05, 4.69) is 10.3 Å². The molecule has 5 heteroatoms. The number of rotatable bonds is 5. The summed E-state index contributed by atoms with van der Waals surface area (Å²) in [4.78, 5) is 16.4. The van der Waals surface area contributed by atoms with E-state index in [9.17, 15) is 4.79 Å². The van der Waals surface area contributed by atoms with E-state index in [0.29, 0.717) is 5.75 Å². The average Bonchev–Trinajstić information content (AvgIpc) is 2.57. The van der Waals surface area contributed by atoms with Gasteiger partial charge in [-0.3, -0.25) is 9.78 Å². The molecule has 0 radical (unpaired) electrons. The molecule has 3 rings (SSSR count). The Morgan fingerprint density at radius 2 is 1.91 bits per heavy atom. The number of pyridine rings is 1. The predicted octanol–water partition coefficient (Wildman–Crippen LogP) is 4.76. The van der Waals surface area contributed by atoms with E-state index in [-0.39, 0.29) is 5.91 Å². The SMILES string of the molecule is O=C(CSCc1ccc(Cl)cc1)Nc1cccc2ncccc12. The quantitative estimate of drug-likeness (QED) is 0.726. The molecule has 0 saturated carbocycles. The third-order valence-corrected chi connectivity index (χ3v) is 4.59. The first-order chi connectivity index (χ1) is 11.2. The van der Waals surface area contributed by atoms with Crippen LogP contribution in [0.15, 0.2) is 60.8 Å². The number of halogens is 1. The van der Waals surface area contributed by atoms with Crippen molar-refractivity contribution in [3.8, 4) is 0 Å². The van der Waals surface area contributed by atoms with Gasteiger partial charge in [0, 0.05) is 22.4 Å². The number of benzene rings is 2. The van der Waals surface area contributed by atoms with Crippen LogP contribution >= 0.6 is 23.4 Å². The van der Waals surface area contributed by atoms with Crippen molar-refractivity contribution in [1.29, 1.82) is 0 Å². The third kappa shape index (κ3) is 4.24. The standard InChI is InChI=1S/C18H15ClN2OS/c19-14-8-6-13(7-9-14)11-23-12-18(22)21-17-5-1-4-16-15(17)3-2-10-20-16/h1-10H,11-12H2,(H,21,22). The lowest BCUT2D eigenvalue weighted by Crippen LogP contribution is -2.14. The summed E-state index contributed by atoms with van der Waals surface area (Å²) in [7, 11) is 0. The molecule has 23 heavy (non-hydrogen) atoms. The van der Waals surface area contributed by atoms with Crippen LogP contribution in [0.3, 0.4) is 0 Å². The van der Waals surface area contributed by atoms with E-state index in [1.54, 1.807) is 18.0 Å². The lowest BCUT2D eigenvalue weighted by atomic mass is 10.2. The maximum absolute atomic E-state index is 12.1. The first kappa shape index (κ1) is 15.8. The molecule has 0 aliphatic carbocycles. The molecule has 0 aliphatic heterocycles. The summed E-state index contributed by atoms with van der Waals surface area (Å²) in [6.07, 6.45) is 1.75. The van der Waals surface area contributed by atoms with Crippen LogP contribution < -0.4 is 5.32 Å². The van der Waals surface area contributed by atoms with Crippen LogP contribution in [0.1, 0.15) is 5.56 Å². The highest BCUT2D eigenvalue weighted by atomic mass is 35.5. The molecule has 0 aliphatic rings. The average molecular weight is 343 g/mol. The first-order valence-electron chi connectivity index (χ1n) is 7.18. The highest BCUT2D eigenvalue weighted by molar-refractivity contribution is 7.99. The van der Waals surface area contributed by atoms with Crippen LogP contribution in [0.4, 0.5) is 5.69 Å². The molecular weight excluding hydrogens is 328 g/mol. The summed E-state index contributed by atoms with van der Waals surface area (Å²) in [6.45, 7) is 0. The van der Waals surface area contributed by atoms with E-state index in [4.69, 9.17) is 11.6 Å². The Hall–Kier alpha value is -2.04. The number of nitrogens with zero attached hydrogens (tertiary/aromatic N) is 1. The molecular formula is C18H15ClN2OS. The Kier molecular flexibility index (Phi) is 5.16. The lowest BCUT2D eigenvalue weighted by molar-refractivity contribution is -0.113. The van der Waals surface area contributed by atoms with Gasteiger partial charge in [0.2, 0.25) is 5.91 Å². The number of hydrogen-bond acceptors (Lipinski definition) is 3. The largest absolute Gasteiger partial charge is 0.325 e. The molecule has 0 spiro atoms. The molecule has 0 unspecified atom stereocenters. The van der Waals surface area contributed by atoms with Gasteiger partial charge in [-0.2, -0.15) is 0 Å². The Balaban J connectivity index is 1.57. The molecule has 0 saturated heterocycles. The van der Waals surface area contributed by atoms with E-state index in [1.165, 1.54) is 0 Å². The van der Waals surface area contributed by atoms with Crippen molar-refractivity contribution in [2.24, 2.45) is 0 Å². The summed E-state index contributed by atoms with van der Waals surface area (Å²) in [5.41, 5.74) is 2.83. The Labute approximate surface area is 144 Å². The van der Waals surface area contributed by atoms with Gasteiger partial charge >= 0.3 is 0 Å². The molecule has 1 aromatic heterocycles. The summed E-state index contributed by atoms with van der Waals surface area (Å²) in [5, 5.41) is 4.63. The van der Waals surface area contributed by atoms with Crippen LogP contribution in [-0.2, 0) is 10.5 Å². The topological polar surface area (TPSA) is 42.0 Å². The fraction of sp³-hybridized carbons (Fsp3) is 0.111. The fourth-order valence-corrected chi connectivity index (χ4v) is 3.15. The molecule has 3 aromatic rings. The first-order valence-corrected chi connectivity index (χ1v) is 8.71. The Morgan fingerprint density at radius 1 is 1.09 bits per heavy atom. The van der Waals surface area contributed by atoms with E-state index < -0.39 is 0 Å². The number of carbonyl (C=O) groups excluding carboxylic acids is 1. The number of anilines is 1. The second-order valence-corrected chi connectivity index (χ2v) is 6.47. The zero-order valence-corrected chi connectivity index (χ0v) is 13.9. The van der Waals surface area contributed by atoms with Crippen molar-refractivity contribution >= 4 is 45.9 Å². The third-order valence-electron chi connectivity index (χ3n) is 3.33. The van der Waals surface area contributed by atoms with Crippen molar-refractivity contribution in [2.75, 3.05) is 11.1 Å². The zero-order chi connectivity index (χ0) is 16.1. The zero-order valence-electron chi connectivity index (χ0n) is 12.3. The highest BCUT2D eigenvalue weighted by Crippen LogP contribution is 2.22. The van der Waals surface area contributed by atoms with E-state index in [1.807, 2.05) is 54.6 Å². The monoisotopic (exact) mass is 342 g/mol. The Bertz CT molecular complexity index is 815. The van der Waals surface area contributed by atoms with E-state index >= 15 is 0 Å². The summed E-state index contributed by atoms with van der Waals surface area (Å²) in [6, 6.07) is 17.2. The number of nitrogens with one attached hydrogen (secondary N) is 1. The normalized spacial score (nSPS) is 10.7. The second-order valence-electron chi connectivity index (χ2n) is 5.04. The minimum absolute atomic E-state index is 0.0136. The van der Waals surface area contributed by atoms with Gasteiger partial charge in [0.15, 0.2) is 0 Å². The lowest BCUT2D eigenvalue weighted by Gasteiger charge is -2.08. The molecule has 1 heterocycles. The van der Waals surface area contributed by atoms with Gasteiger partial charge in [-0.1, -0.05) is 29.8 Å². The fourth-order valence-electron chi connectivity index (χ4n) is 2.24. The minimum Gasteiger partial charge on any atom is -0.325 e. The van der Waals surface area contributed by atoms with Crippen LogP contribution in [0.25, 0.3) is 10.9 Å². The van der Waals surface area contributed by atoms with Gasteiger partial charge in [-0.25, -0.2) is 0 Å². The van der Waals surface area contributed by atoms with Gasteiger partial charge < -0.3 is 5.32 Å². The molecule has 0 bridgehead atoms. The van der Waals surface area contributed by atoms with Gasteiger partial charge in [0.1, 0.15) is 0 Å². The maximum atomic E-state index is 12.1. The van der Waals surface area contributed by atoms with E-state index in [0.717, 1.165) is 32.9 Å². The van der Waals surface area contributed by atoms with Gasteiger partial charge in [-0.05, 0) is 42.0 Å². The molecule has 0 atom stereocenters. The van der Waals surface area contributed by atoms with Crippen molar-refractivity contribution in [2.45, 2.75) is 5.75 Å². The van der Waals surface area contributed by atoms with Crippen LogP contribution in [-0.4, -0.2) is 16.6 Å². The van der Waals surface area contributed by atoms with Crippen LogP contribution in [0.5, 0.6) is 0 Å². The van der Waals surface area contributed by atoms with Crippen LogP contribution in [0.2, 0.25) is 5.02 Å². The minimum atomic E-state index is -0.0136. The number of thioether (sulfide) groups is 1. The van der Waals surface area contributed by atoms with Crippen molar-refractivity contribution in [3.63, 3.8) is 0 Å². The van der Waals surface area contributed by atoms with Crippen molar-refractivity contribution in [3.05, 3.63) is 71.4 Å². The Morgan fingerprint density at radius 3 is 2.74 bits per heavy atom. The number of carbonyl (C=O) groups is 1. The number of fused-ring (bicyclic) bond motifs is 1. The molecule has 1 N–H and O–H groups in total. The van der Waals surface area contributed by atoms with Gasteiger partial charge in [0.25, 0.3) is 0 Å². The number of hydrogen-bond donors (Lipinski definition) is 1. The van der Waals surface area contributed by atoms with Gasteiger partial charge in [0.05, 0.1) is 17.0 Å². The molecule has 116 valence electrons. The maximum Gasteiger partial charge on any atom is 0.234 e. The summed E-state index contributed by atoms with van der Waals surface area (Å²) < 4.78 is 0. The molecule has 2 aromatic carbocycles. The number of aromatic nitrogens is 1. The van der Waals surface area contributed by atoms with Crippen molar-refractivity contribution < 1.29 is 4.79 Å². The highest BCUT2D eigenvalue weighted by Gasteiger charge is 2.06. The summed E-state index contributed by atoms with van der Waals surface area (Å²) in [5.74, 6) is 1.17. The smallest absolute Gasteiger partial charge is 0.234 e. The molecule has 1 amide bonds. The van der Waals surface area contributed by atoms with Crippen molar-refractivity contribution in [1.82, 2.24) is 4.98 Å². The molecule has 0 fully saturated rings. The molecule has 3 nitrogen and oxygen atoms in total. The van der Waals surface area contributed by atoms with Crippen LogP contribution in [0, 0.1) is 0 Å². The summed E-state index contributed by atoms with van der Waals surface area (Å²) >= 11 is 7.43.